The molecule has 1 heterocycles. The van der Waals surface area contributed by atoms with Crippen molar-refractivity contribution in [3.8, 4) is 0 Å². The summed E-state index contributed by atoms with van der Waals surface area (Å²) in [5.41, 5.74) is 0.966. The molecule has 0 unspecified atom stereocenters. The zero-order valence-corrected chi connectivity index (χ0v) is 11.6. The van der Waals surface area contributed by atoms with Crippen LogP contribution < -0.4 is 0 Å². The minimum absolute atomic E-state index is 0.0281. The van der Waals surface area contributed by atoms with Crippen LogP contribution in [-0.2, 0) is 17.8 Å². The Morgan fingerprint density at radius 1 is 1.22 bits per heavy atom. The van der Waals surface area contributed by atoms with Crippen LogP contribution in [0.25, 0.3) is 0 Å². The highest BCUT2D eigenvalue weighted by atomic mass is 79.9. The van der Waals surface area contributed by atoms with E-state index in [2.05, 4.69) is 15.9 Å². The number of hydrogen-bond acceptors (Lipinski definition) is 3. The Balaban J connectivity index is 2.04. The van der Waals surface area contributed by atoms with Crippen molar-refractivity contribution in [1.29, 1.82) is 0 Å². The van der Waals surface area contributed by atoms with Crippen molar-refractivity contribution < 1.29 is 13.9 Å². The second kappa shape index (κ2) is 5.98. The smallest absolute Gasteiger partial charge is 0.202 e. The number of Topliss-reactive ketones (excluding diaryl/α,β-unsaturated/α-hetero) is 1. The summed E-state index contributed by atoms with van der Waals surface area (Å²) in [6.07, 6.45) is 0.340. The minimum Gasteiger partial charge on any atom is -0.456 e. The summed E-state index contributed by atoms with van der Waals surface area (Å²) in [6.45, 7) is 0.381. The van der Waals surface area contributed by atoms with Gasteiger partial charge in [0.2, 0.25) is 5.78 Å². The van der Waals surface area contributed by atoms with Gasteiger partial charge in [-0.25, -0.2) is 0 Å². The number of rotatable bonds is 5. The van der Waals surface area contributed by atoms with Gasteiger partial charge in [-0.3, -0.25) is 4.79 Å². The third-order valence-corrected chi connectivity index (χ3v) is 3.03. The first-order chi connectivity index (χ1) is 8.69. The van der Waals surface area contributed by atoms with Crippen LogP contribution in [0.1, 0.15) is 21.9 Å². The fourth-order valence-corrected chi connectivity index (χ4v) is 1.89. The Labute approximate surface area is 114 Å². The lowest BCUT2D eigenvalue weighted by molar-refractivity contribution is 0.0957. The van der Waals surface area contributed by atoms with Crippen LogP contribution in [0.4, 0.5) is 0 Å². The van der Waals surface area contributed by atoms with Crippen molar-refractivity contribution in [3.05, 3.63) is 58.0 Å². The van der Waals surface area contributed by atoms with Gasteiger partial charge >= 0.3 is 0 Å². The van der Waals surface area contributed by atoms with Gasteiger partial charge in [0.1, 0.15) is 12.4 Å². The molecule has 1 aromatic carbocycles. The van der Waals surface area contributed by atoms with Gasteiger partial charge in [-0.1, -0.05) is 28.1 Å². The molecule has 0 saturated heterocycles. The van der Waals surface area contributed by atoms with Crippen molar-refractivity contribution >= 4 is 21.7 Å². The molecule has 0 aliphatic heterocycles. The van der Waals surface area contributed by atoms with E-state index >= 15 is 0 Å². The third kappa shape index (κ3) is 3.31. The fourth-order valence-electron chi connectivity index (χ4n) is 1.62. The van der Waals surface area contributed by atoms with Gasteiger partial charge in [-0.15, -0.1) is 0 Å². The zero-order chi connectivity index (χ0) is 13.0. The molecular formula is C14H13BrO3. The Hall–Kier alpha value is -1.39. The lowest BCUT2D eigenvalue weighted by Crippen LogP contribution is -2.01. The maximum Gasteiger partial charge on any atom is 0.202 e. The van der Waals surface area contributed by atoms with Crippen LogP contribution in [0.3, 0.4) is 0 Å². The Morgan fingerprint density at radius 2 is 1.94 bits per heavy atom. The number of benzene rings is 1. The summed E-state index contributed by atoms with van der Waals surface area (Å²) in [7, 11) is 1.59. The summed E-state index contributed by atoms with van der Waals surface area (Å²) in [6, 6.07) is 11.1. The van der Waals surface area contributed by atoms with Crippen LogP contribution in [0, 0.1) is 0 Å². The second-order valence-corrected chi connectivity index (χ2v) is 4.84. The molecule has 0 spiro atoms. The van der Waals surface area contributed by atoms with Gasteiger partial charge < -0.3 is 9.15 Å². The lowest BCUT2D eigenvalue weighted by Gasteiger charge is -1.99. The summed E-state index contributed by atoms with van der Waals surface area (Å²) in [4.78, 5) is 12.0. The third-order valence-electron chi connectivity index (χ3n) is 2.50. The van der Waals surface area contributed by atoms with E-state index in [1.807, 2.05) is 24.3 Å². The molecule has 2 aromatic rings. The van der Waals surface area contributed by atoms with Crippen molar-refractivity contribution in [2.24, 2.45) is 0 Å². The molecule has 0 aliphatic rings. The van der Waals surface area contributed by atoms with E-state index < -0.39 is 0 Å². The monoisotopic (exact) mass is 308 g/mol. The summed E-state index contributed by atoms with van der Waals surface area (Å²) >= 11 is 3.36. The number of ketones is 1. The predicted octanol–water partition coefficient (Wildman–Crippen LogP) is 3.61. The number of halogens is 1. The molecule has 18 heavy (non-hydrogen) atoms. The highest BCUT2D eigenvalue weighted by Crippen LogP contribution is 2.15. The second-order valence-electron chi connectivity index (χ2n) is 3.93. The number of ether oxygens (including phenoxy) is 1. The quantitative estimate of drug-likeness (QED) is 0.792. The van der Waals surface area contributed by atoms with Gasteiger partial charge in [-0.2, -0.15) is 0 Å². The molecule has 94 valence electrons. The molecule has 0 saturated carbocycles. The van der Waals surface area contributed by atoms with Crippen LogP contribution in [0.5, 0.6) is 0 Å². The fraction of sp³-hybridized carbons (Fsp3) is 0.214. The highest BCUT2D eigenvalue weighted by molar-refractivity contribution is 9.10. The van der Waals surface area contributed by atoms with Crippen molar-refractivity contribution in [3.63, 3.8) is 0 Å². The summed E-state index contributed by atoms with van der Waals surface area (Å²) in [5.74, 6) is 1.02. The van der Waals surface area contributed by atoms with Crippen molar-refractivity contribution in [2.75, 3.05) is 7.11 Å². The van der Waals surface area contributed by atoms with Gasteiger partial charge in [-0.05, 0) is 29.8 Å². The molecule has 0 aliphatic carbocycles. The van der Waals surface area contributed by atoms with Gasteiger partial charge in [0.05, 0.1) is 0 Å². The zero-order valence-electron chi connectivity index (χ0n) is 9.98. The van der Waals surface area contributed by atoms with E-state index in [0.29, 0.717) is 24.5 Å². The Kier molecular flexibility index (Phi) is 4.33. The first kappa shape index (κ1) is 13.1. The average Bonchev–Trinajstić information content (AvgIpc) is 2.81. The molecular weight excluding hydrogens is 296 g/mol. The van der Waals surface area contributed by atoms with E-state index in [-0.39, 0.29) is 5.78 Å². The minimum atomic E-state index is -0.0281. The first-order valence-electron chi connectivity index (χ1n) is 5.54. The van der Waals surface area contributed by atoms with E-state index in [9.17, 15) is 4.79 Å². The number of carbonyl (C=O) groups is 1. The van der Waals surface area contributed by atoms with E-state index in [1.54, 1.807) is 19.2 Å². The first-order valence-corrected chi connectivity index (χ1v) is 6.33. The Morgan fingerprint density at radius 3 is 2.61 bits per heavy atom. The van der Waals surface area contributed by atoms with Crippen molar-refractivity contribution in [1.82, 2.24) is 0 Å². The van der Waals surface area contributed by atoms with Gasteiger partial charge in [0.25, 0.3) is 0 Å². The van der Waals surface area contributed by atoms with Crippen LogP contribution in [-0.4, -0.2) is 12.9 Å². The van der Waals surface area contributed by atoms with E-state index in [4.69, 9.17) is 9.15 Å². The van der Waals surface area contributed by atoms with Crippen molar-refractivity contribution in [2.45, 2.75) is 13.0 Å². The Bertz CT molecular complexity index is 528. The SMILES string of the molecule is COCc1ccc(C(=O)Cc2ccc(Br)cc2)o1. The number of methoxy groups -OCH3 is 1. The molecule has 0 atom stereocenters. The molecule has 0 radical (unpaired) electrons. The molecule has 1 aromatic heterocycles. The molecule has 4 heteroatoms. The van der Waals surface area contributed by atoms with Crippen LogP contribution in [0.2, 0.25) is 0 Å². The molecule has 0 N–H and O–H groups in total. The van der Waals surface area contributed by atoms with E-state index in [1.165, 1.54) is 0 Å². The van der Waals surface area contributed by atoms with Crippen LogP contribution in [0.15, 0.2) is 45.3 Å². The lowest BCUT2D eigenvalue weighted by atomic mass is 10.1. The molecule has 0 amide bonds. The normalized spacial score (nSPS) is 10.6. The highest BCUT2D eigenvalue weighted by Gasteiger charge is 2.11. The summed E-state index contributed by atoms with van der Waals surface area (Å²) < 4.78 is 11.3. The van der Waals surface area contributed by atoms with Crippen LogP contribution >= 0.6 is 15.9 Å². The summed E-state index contributed by atoms with van der Waals surface area (Å²) in [5, 5.41) is 0. The van der Waals surface area contributed by atoms with Gasteiger partial charge in [0.15, 0.2) is 5.76 Å². The van der Waals surface area contributed by atoms with E-state index in [0.717, 1.165) is 10.0 Å². The average molecular weight is 309 g/mol. The molecule has 2 rings (SSSR count). The largest absolute Gasteiger partial charge is 0.456 e. The standard InChI is InChI=1S/C14H13BrO3/c1-17-9-12-6-7-14(18-12)13(16)8-10-2-4-11(15)5-3-10/h2-7H,8-9H2,1H3. The molecule has 0 bridgehead atoms. The molecule has 0 fully saturated rings. The maximum atomic E-state index is 12.0. The maximum absolute atomic E-state index is 12.0. The predicted molar refractivity (Wildman–Crippen MR) is 71.6 cm³/mol. The number of hydrogen-bond donors (Lipinski definition) is 0. The number of carbonyl (C=O) groups excluding carboxylic acids is 1. The topological polar surface area (TPSA) is 39.4 Å². The molecule has 3 nitrogen and oxygen atoms in total. The number of furan rings is 1. The van der Waals surface area contributed by atoms with Gasteiger partial charge in [0, 0.05) is 18.0 Å².